The molecular weight excluding hydrogens is 266 g/mol. The van der Waals surface area contributed by atoms with Crippen molar-refractivity contribution in [3.8, 4) is 11.8 Å². The second-order valence-corrected chi connectivity index (χ2v) is 6.03. The Bertz CT molecular complexity index is 423. The molecule has 1 heteroatoms. The molecule has 0 heterocycles. The normalized spacial score (nSPS) is 10.1. The first-order valence-corrected chi connectivity index (χ1v) is 9.09. The molecule has 0 amide bonds. The molecule has 1 rings (SSSR count). The van der Waals surface area contributed by atoms with Crippen molar-refractivity contribution in [3.05, 3.63) is 29.8 Å². The fourth-order valence-corrected chi connectivity index (χ4v) is 2.73. The minimum Gasteiger partial charge on any atom is -0.372 e. The van der Waals surface area contributed by atoms with Gasteiger partial charge in [0.2, 0.25) is 0 Å². The molecule has 0 N–H and O–H groups in total. The minimum absolute atomic E-state index is 1.11. The minimum atomic E-state index is 1.11. The molecular formula is C21H33N. The number of unbranched alkanes of at least 4 members (excludes halogenated alkanes) is 6. The maximum absolute atomic E-state index is 3.12. The SMILES string of the molecule is CC#Cc1ccc(N(CCCCCC)CCCCCC)cc1. The van der Waals surface area contributed by atoms with Crippen molar-refractivity contribution in [3.63, 3.8) is 0 Å². The highest BCUT2D eigenvalue weighted by molar-refractivity contribution is 5.50. The summed E-state index contributed by atoms with van der Waals surface area (Å²) in [7, 11) is 0. The predicted molar refractivity (Wildman–Crippen MR) is 99.5 cm³/mol. The summed E-state index contributed by atoms with van der Waals surface area (Å²) in [6.45, 7) is 8.81. The predicted octanol–water partition coefficient (Wildman–Crippen LogP) is 6.03. The standard InChI is InChI=1S/C21H33N/c1-4-7-9-11-18-22(19-12-10-8-5-2)21-16-14-20(13-6-3)15-17-21/h14-17H,4-5,7-12,18-19H2,1-3H3. The summed E-state index contributed by atoms with van der Waals surface area (Å²) >= 11 is 0. The molecule has 0 radical (unpaired) electrons. The highest BCUT2D eigenvalue weighted by Gasteiger charge is 2.06. The lowest BCUT2D eigenvalue weighted by Crippen LogP contribution is -2.25. The number of hydrogen-bond donors (Lipinski definition) is 0. The van der Waals surface area contributed by atoms with E-state index in [1.54, 1.807) is 0 Å². The molecule has 1 nitrogen and oxygen atoms in total. The Morgan fingerprint density at radius 2 is 1.32 bits per heavy atom. The molecule has 0 unspecified atom stereocenters. The molecule has 0 bridgehead atoms. The number of hydrogen-bond acceptors (Lipinski definition) is 1. The highest BCUT2D eigenvalue weighted by atomic mass is 15.1. The number of benzene rings is 1. The van der Waals surface area contributed by atoms with Crippen LogP contribution in [0.1, 0.15) is 77.7 Å². The van der Waals surface area contributed by atoms with Crippen LogP contribution in [0.25, 0.3) is 0 Å². The molecule has 22 heavy (non-hydrogen) atoms. The van der Waals surface area contributed by atoms with Crippen molar-refractivity contribution in [1.82, 2.24) is 0 Å². The van der Waals surface area contributed by atoms with Gasteiger partial charge in [0.05, 0.1) is 0 Å². The summed E-state index contributed by atoms with van der Waals surface area (Å²) in [5, 5.41) is 0. The van der Waals surface area contributed by atoms with Gasteiger partial charge in [-0.2, -0.15) is 0 Å². The molecule has 0 aliphatic heterocycles. The number of nitrogens with zero attached hydrogens (tertiary/aromatic N) is 1. The number of anilines is 1. The molecule has 0 atom stereocenters. The zero-order valence-electron chi connectivity index (χ0n) is 14.8. The van der Waals surface area contributed by atoms with Crippen LogP contribution in [0.4, 0.5) is 5.69 Å². The van der Waals surface area contributed by atoms with E-state index in [9.17, 15) is 0 Å². The lowest BCUT2D eigenvalue weighted by atomic mass is 10.1. The van der Waals surface area contributed by atoms with E-state index in [4.69, 9.17) is 0 Å². The first-order valence-electron chi connectivity index (χ1n) is 9.09. The van der Waals surface area contributed by atoms with E-state index < -0.39 is 0 Å². The van der Waals surface area contributed by atoms with Gasteiger partial charge < -0.3 is 4.90 Å². The van der Waals surface area contributed by atoms with Gasteiger partial charge in [-0.3, -0.25) is 0 Å². The summed E-state index contributed by atoms with van der Waals surface area (Å²) in [4.78, 5) is 2.56. The zero-order valence-corrected chi connectivity index (χ0v) is 14.8. The van der Waals surface area contributed by atoms with Crippen LogP contribution in [0.2, 0.25) is 0 Å². The molecule has 0 fully saturated rings. The average molecular weight is 300 g/mol. The maximum Gasteiger partial charge on any atom is 0.0367 e. The largest absolute Gasteiger partial charge is 0.372 e. The Morgan fingerprint density at radius 3 is 1.77 bits per heavy atom. The van der Waals surface area contributed by atoms with Crippen molar-refractivity contribution in [2.75, 3.05) is 18.0 Å². The average Bonchev–Trinajstić information content (AvgIpc) is 2.55. The van der Waals surface area contributed by atoms with Gasteiger partial charge in [-0.05, 0) is 44.0 Å². The Hall–Kier alpha value is -1.42. The van der Waals surface area contributed by atoms with Crippen LogP contribution in [0, 0.1) is 11.8 Å². The van der Waals surface area contributed by atoms with Crippen molar-refractivity contribution in [2.24, 2.45) is 0 Å². The maximum atomic E-state index is 3.12. The first kappa shape index (κ1) is 18.6. The summed E-state index contributed by atoms with van der Waals surface area (Å²) < 4.78 is 0. The summed E-state index contributed by atoms with van der Waals surface area (Å²) in [5.74, 6) is 6.09. The highest BCUT2D eigenvalue weighted by Crippen LogP contribution is 2.17. The third-order valence-corrected chi connectivity index (χ3v) is 4.06. The molecule has 0 aliphatic rings. The quantitative estimate of drug-likeness (QED) is 0.356. The molecule has 0 spiro atoms. The smallest absolute Gasteiger partial charge is 0.0367 e. The lowest BCUT2D eigenvalue weighted by Gasteiger charge is -2.25. The van der Waals surface area contributed by atoms with Crippen LogP contribution in [0.5, 0.6) is 0 Å². The summed E-state index contributed by atoms with van der Waals surface area (Å²) in [6.07, 6.45) is 10.6. The third-order valence-electron chi connectivity index (χ3n) is 4.06. The first-order chi connectivity index (χ1) is 10.8. The molecule has 122 valence electrons. The van der Waals surface area contributed by atoms with E-state index >= 15 is 0 Å². The van der Waals surface area contributed by atoms with Crippen LogP contribution in [-0.4, -0.2) is 13.1 Å². The van der Waals surface area contributed by atoms with Crippen molar-refractivity contribution >= 4 is 5.69 Å². The van der Waals surface area contributed by atoms with Gasteiger partial charge in [0.1, 0.15) is 0 Å². The lowest BCUT2D eigenvalue weighted by molar-refractivity contribution is 0.609. The van der Waals surface area contributed by atoms with Crippen LogP contribution >= 0.6 is 0 Å². The van der Waals surface area contributed by atoms with Crippen LogP contribution < -0.4 is 4.90 Å². The fourth-order valence-electron chi connectivity index (χ4n) is 2.73. The molecule has 1 aromatic rings. The van der Waals surface area contributed by atoms with Gasteiger partial charge in [0.15, 0.2) is 0 Å². The zero-order chi connectivity index (χ0) is 16.0. The van der Waals surface area contributed by atoms with E-state index in [1.807, 2.05) is 6.92 Å². The number of rotatable bonds is 11. The van der Waals surface area contributed by atoms with Gasteiger partial charge >= 0.3 is 0 Å². The third kappa shape index (κ3) is 7.55. The van der Waals surface area contributed by atoms with Crippen molar-refractivity contribution < 1.29 is 0 Å². The molecule has 1 aromatic carbocycles. The Balaban J connectivity index is 2.58. The molecule has 0 saturated heterocycles. The Kier molecular flexibility index (Phi) is 10.3. The summed E-state index contributed by atoms with van der Waals surface area (Å²) in [6, 6.07) is 8.77. The monoisotopic (exact) mass is 299 g/mol. The van der Waals surface area contributed by atoms with Crippen LogP contribution in [-0.2, 0) is 0 Å². The van der Waals surface area contributed by atoms with E-state index in [1.165, 1.54) is 70.1 Å². The van der Waals surface area contributed by atoms with E-state index in [-0.39, 0.29) is 0 Å². The van der Waals surface area contributed by atoms with E-state index in [2.05, 4.69) is 54.9 Å². The molecule has 0 saturated carbocycles. The van der Waals surface area contributed by atoms with Gasteiger partial charge in [0.25, 0.3) is 0 Å². The van der Waals surface area contributed by atoms with Gasteiger partial charge in [-0.15, -0.1) is 5.92 Å². The fraction of sp³-hybridized carbons (Fsp3) is 0.619. The Morgan fingerprint density at radius 1 is 0.773 bits per heavy atom. The van der Waals surface area contributed by atoms with Gasteiger partial charge in [-0.1, -0.05) is 58.3 Å². The van der Waals surface area contributed by atoms with E-state index in [0.717, 1.165) is 5.56 Å². The molecule has 0 aliphatic carbocycles. The van der Waals surface area contributed by atoms with Crippen molar-refractivity contribution in [1.29, 1.82) is 0 Å². The second-order valence-electron chi connectivity index (χ2n) is 6.03. The van der Waals surface area contributed by atoms with Gasteiger partial charge in [-0.25, -0.2) is 0 Å². The van der Waals surface area contributed by atoms with E-state index in [0.29, 0.717) is 0 Å². The summed E-state index contributed by atoms with van der Waals surface area (Å²) in [5.41, 5.74) is 2.47. The van der Waals surface area contributed by atoms with Crippen LogP contribution in [0.15, 0.2) is 24.3 Å². The molecule has 0 aromatic heterocycles. The van der Waals surface area contributed by atoms with Crippen LogP contribution in [0.3, 0.4) is 0 Å². The topological polar surface area (TPSA) is 3.24 Å². The Labute approximate surface area is 138 Å². The van der Waals surface area contributed by atoms with Gasteiger partial charge in [0, 0.05) is 24.3 Å². The van der Waals surface area contributed by atoms with Crippen molar-refractivity contribution in [2.45, 2.75) is 72.1 Å². The second kappa shape index (κ2) is 12.2.